The van der Waals surface area contributed by atoms with Crippen LogP contribution in [-0.2, 0) is 0 Å². The first-order valence-corrected chi connectivity index (χ1v) is 7.53. The van der Waals surface area contributed by atoms with E-state index < -0.39 is 0 Å². The minimum atomic E-state index is 0.391. The number of benzene rings is 1. The molecule has 2 N–H and O–H groups in total. The number of hydrogen-bond donors (Lipinski definition) is 1. The predicted molar refractivity (Wildman–Crippen MR) is 79.1 cm³/mol. The van der Waals surface area contributed by atoms with E-state index in [0.717, 1.165) is 19.1 Å². The number of rotatable bonds is 4. The summed E-state index contributed by atoms with van der Waals surface area (Å²) in [4.78, 5) is 5.23. The van der Waals surface area contributed by atoms with Crippen LogP contribution in [0.3, 0.4) is 0 Å². The van der Waals surface area contributed by atoms with Gasteiger partial charge in [-0.25, -0.2) is 0 Å². The molecule has 1 saturated carbocycles. The Morgan fingerprint density at radius 3 is 2.42 bits per heavy atom. The maximum atomic E-state index is 6.06. The van der Waals surface area contributed by atoms with Gasteiger partial charge in [0.05, 0.1) is 0 Å². The summed E-state index contributed by atoms with van der Waals surface area (Å²) < 4.78 is 0. The van der Waals surface area contributed by atoms with E-state index in [2.05, 4.69) is 41.0 Å². The molecular formula is C16H25N3. The second kappa shape index (κ2) is 5.61. The number of aryl methyl sites for hydroxylation is 1. The van der Waals surface area contributed by atoms with Crippen molar-refractivity contribution in [1.82, 2.24) is 9.80 Å². The summed E-state index contributed by atoms with van der Waals surface area (Å²) in [7, 11) is 0. The number of nitrogens with two attached hydrogens (primary N) is 1. The zero-order valence-electron chi connectivity index (χ0n) is 11.9. The minimum absolute atomic E-state index is 0.391. The predicted octanol–water partition coefficient (Wildman–Crippen LogP) is 1.77. The van der Waals surface area contributed by atoms with Crippen LogP contribution in [0, 0.1) is 6.92 Å². The zero-order valence-corrected chi connectivity index (χ0v) is 11.9. The molecule has 0 bridgehead atoms. The maximum absolute atomic E-state index is 6.06. The van der Waals surface area contributed by atoms with Gasteiger partial charge in [-0.1, -0.05) is 24.3 Å². The van der Waals surface area contributed by atoms with Crippen molar-refractivity contribution in [3.8, 4) is 0 Å². The first kappa shape index (κ1) is 13.1. The topological polar surface area (TPSA) is 32.5 Å². The van der Waals surface area contributed by atoms with Gasteiger partial charge in [0.1, 0.15) is 0 Å². The minimum Gasteiger partial charge on any atom is -0.329 e. The van der Waals surface area contributed by atoms with E-state index in [1.807, 2.05) is 0 Å². The zero-order chi connectivity index (χ0) is 13.2. The average Bonchev–Trinajstić information content (AvgIpc) is 3.27. The van der Waals surface area contributed by atoms with Gasteiger partial charge in [-0.05, 0) is 30.9 Å². The lowest BCUT2D eigenvalue weighted by molar-refractivity contribution is 0.0936. The highest BCUT2D eigenvalue weighted by Gasteiger charge is 2.33. The molecule has 0 amide bonds. The molecule has 0 radical (unpaired) electrons. The molecule has 1 aliphatic carbocycles. The molecule has 1 unspecified atom stereocenters. The van der Waals surface area contributed by atoms with Crippen molar-refractivity contribution >= 4 is 0 Å². The van der Waals surface area contributed by atoms with Crippen LogP contribution in [0.5, 0.6) is 0 Å². The average molecular weight is 259 g/mol. The summed E-state index contributed by atoms with van der Waals surface area (Å²) in [6.07, 6.45) is 2.83. The van der Waals surface area contributed by atoms with Gasteiger partial charge in [-0.15, -0.1) is 0 Å². The molecule has 1 heterocycles. The van der Waals surface area contributed by atoms with Crippen molar-refractivity contribution in [1.29, 1.82) is 0 Å². The summed E-state index contributed by atoms with van der Waals surface area (Å²) in [5.41, 5.74) is 8.83. The molecule has 3 nitrogen and oxygen atoms in total. The SMILES string of the molecule is Cc1ccccc1C(CN)N1CCN(C2CC2)CC1. The highest BCUT2D eigenvalue weighted by atomic mass is 15.3. The molecule has 19 heavy (non-hydrogen) atoms. The molecule has 2 aliphatic rings. The molecular weight excluding hydrogens is 234 g/mol. The van der Waals surface area contributed by atoms with Crippen LogP contribution in [-0.4, -0.2) is 48.6 Å². The van der Waals surface area contributed by atoms with Crippen LogP contribution in [0.1, 0.15) is 30.0 Å². The largest absolute Gasteiger partial charge is 0.329 e. The normalized spacial score (nSPS) is 23.5. The van der Waals surface area contributed by atoms with E-state index in [9.17, 15) is 0 Å². The Kier molecular flexibility index (Phi) is 3.87. The summed E-state index contributed by atoms with van der Waals surface area (Å²) in [5.74, 6) is 0. The van der Waals surface area contributed by atoms with Gasteiger partial charge in [0.2, 0.25) is 0 Å². The molecule has 104 valence electrons. The number of piperazine rings is 1. The number of nitrogens with zero attached hydrogens (tertiary/aromatic N) is 2. The quantitative estimate of drug-likeness (QED) is 0.894. The molecule has 3 rings (SSSR count). The first-order valence-electron chi connectivity index (χ1n) is 7.53. The Morgan fingerprint density at radius 1 is 1.16 bits per heavy atom. The van der Waals surface area contributed by atoms with Crippen LogP contribution >= 0.6 is 0 Å². The maximum Gasteiger partial charge on any atom is 0.0474 e. The molecule has 2 fully saturated rings. The molecule has 3 heteroatoms. The third-order valence-electron chi connectivity index (χ3n) is 4.62. The van der Waals surface area contributed by atoms with Gasteiger partial charge >= 0.3 is 0 Å². The molecule has 0 aromatic heterocycles. The van der Waals surface area contributed by atoms with Crippen molar-refractivity contribution in [2.75, 3.05) is 32.7 Å². The van der Waals surface area contributed by atoms with E-state index in [1.54, 1.807) is 0 Å². The smallest absolute Gasteiger partial charge is 0.0474 e. The second-order valence-corrected chi connectivity index (χ2v) is 5.91. The van der Waals surface area contributed by atoms with Gasteiger partial charge in [-0.2, -0.15) is 0 Å². The first-order chi connectivity index (χ1) is 9.29. The standard InChI is InChI=1S/C16H25N3/c1-13-4-2-3-5-15(13)16(12-17)19-10-8-18(9-11-19)14-6-7-14/h2-5,14,16H,6-12,17H2,1H3. The third kappa shape index (κ3) is 2.83. The van der Waals surface area contributed by atoms with Crippen LogP contribution in [0.2, 0.25) is 0 Å². The van der Waals surface area contributed by atoms with E-state index in [4.69, 9.17) is 5.73 Å². The van der Waals surface area contributed by atoms with Gasteiger partial charge in [0, 0.05) is 44.8 Å². The van der Waals surface area contributed by atoms with Crippen LogP contribution in [0.15, 0.2) is 24.3 Å². The molecule has 1 atom stereocenters. The Labute approximate surface area is 116 Å². The highest BCUT2D eigenvalue weighted by Crippen LogP contribution is 2.30. The van der Waals surface area contributed by atoms with Gasteiger partial charge in [0.15, 0.2) is 0 Å². The fourth-order valence-electron chi connectivity index (χ4n) is 3.29. The van der Waals surface area contributed by atoms with Crippen LogP contribution in [0.25, 0.3) is 0 Å². The van der Waals surface area contributed by atoms with Gasteiger partial charge in [-0.3, -0.25) is 9.80 Å². The third-order valence-corrected chi connectivity index (χ3v) is 4.62. The van der Waals surface area contributed by atoms with Crippen molar-refractivity contribution in [3.63, 3.8) is 0 Å². The Morgan fingerprint density at radius 2 is 1.84 bits per heavy atom. The van der Waals surface area contributed by atoms with E-state index in [-0.39, 0.29) is 0 Å². The second-order valence-electron chi connectivity index (χ2n) is 5.91. The van der Waals surface area contributed by atoms with Gasteiger partial charge < -0.3 is 5.73 Å². The lowest BCUT2D eigenvalue weighted by Gasteiger charge is -2.39. The van der Waals surface area contributed by atoms with Crippen LogP contribution < -0.4 is 5.73 Å². The summed E-state index contributed by atoms with van der Waals surface area (Å²) in [5, 5.41) is 0. The van der Waals surface area contributed by atoms with Crippen molar-refractivity contribution < 1.29 is 0 Å². The van der Waals surface area contributed by atoms with Gasteiger partial charge in [0.25, 0.3) is 0 Å². The van der Waals surface area contributed by atoms with Crippen molar-refractivity contribution in [3.05, 3.63) is 35.4 Å². The number of hydrogen-bond acceptors (Lipinski definition) is 3. The molecule has 0 spiro atoms. The lowest BCUT2D eigenvalue weighted by Crippen LogP contribution is -2.49. The summed E-state index contributed by atoms with van der Waals surface area (Å²) in [6.45, 7) is 7.66. The summed E-state index contributed by atoms with van der Waals surface area (Å²) >= 11 is 0. The fourth-order valence-corrected chi connectivity index (χ4v) is 3.29. The molecule has 1 saturated heterocycles. The lowest BCUT2D eigenvalue weighted by atomic mass is 9.99. The monoisotopic (exact) mass is 259 g/mol. The van der Waals surface area contributed by atoms with E-state index >= 15 is 0 Å². The molecule has 1 aliphatic heterocycles. The van der Waals surface area contributed by atoms with Crippen molar-refractivity contribution in [2.45, 2.75) is 31.8 Å². The fraction of sp³-hybridized carbons (Fsp3) is 0.625. The Bertz CT molecular complexity index is 420. The van der Waals surface area contributed by atoms with Crippen LogP contribution in [0.4, 0.5) is 0 Å². The van der Waals surface area contributed by atoms with E-state index in [0.29, 0.717) is 12.6 Å². The Hall–Kier alpha value is -0.900. The molecule has 1 aromatic rings. The Balaban J connectivity index is 1.68. The summed E-state index contributed by atoms with van der Waals surface area (Å²) in [6, 6.07) is 9.96. The highest BCUT2D eigenvalue weighted by molar-refractivity contribution is 5.29. The van der Waals surface area contributed by atoms with E-state index in [1.165, 1.54) is 37.1 Å². The molecule has 1 aromatic carbocycles. The van der Waals surface area contributed by atoms with Crippen molar-refractivity contribution in [2.24, 2.45) is 5.73 Å².